The van der Waals surface area contributed by atoms with Gasteiger partial charge >= 0.3 is 0 Å². The molecule has 0 unspecified atom stereocenters. The lowest BCUT2D eigenvalue weighted by molar-refractivity contribution is 1.07. The molecular formula is C14H15N5. The van der Waals surface area contributed by atoms with Gasteiger partial charge in [-0.25, -0.2) is 9.97 Å². The van der Waals surface area contributed by atoms with Crippen molar-refractivity contribution in [2.75, 3.05) is 10.6 Å². The zero-order chi connectivity index (χ0) is 13.5. The average Bonchev–Trinajstić information content (AvgIpc) is 2.46. The predicted octanol–water partition coefficient (Wildman–Crippen LogP) is 2.54. The molecule has 0 bridgehead atoms. The Morgan fingerprint density at radius 3 is 2.47 bits per heavy atom. The maximum absolute atomic E-state index is 8.53. The van der Waals surface area contributed by atoms with Crippen molar-refractivity contribution < 1.29 is 0 Å². The Balaban J connectivity index is 1.97. The SMILES string of the molecule is CCc1ccc(CNc2cc(NC#N)ncn2)cc1. The quantitative estimate of drug-likeness (QED) is 0.632. The molecule has 0 amide bonds. The summed E-state index contributed by atoms with van der Waals surface area (Å²) in [6, 6.07) is 10.1. The van der Waals surface area contributed by atoms with E-state index >= 15 is 0 Å². The number of anilines is 2. The van der Waals surface area contributed by atoms with Gasteiger partial charge in [0, 0.05) is 12.6 Å². The van der Waals surface area contributed by atoms with Gasteiger partial charge in [0.1, 0.15) is 18.0 Å². The van der Waals surface area contributed by atoms with E-state index in [1.54, 1.807) is 6.07 Å². The van der Waals surface area contributed by atoms with E-state index in [0.29, 0.717) is 18.2 Å². The van der Waals surface area contributed by atoms with Crippen LogP contribution in [0.15, 0.2) is 36.7 Å². The van der Waals surface area contributed by atoms with Crippen LogP contribution >= 0.6 is 0 Å². The zero-order valence-electron chi connectivity index (χ0n) is 10.7. The smallest absolute Gasteiger partial charge is 0.182 e. The Bertz CT molecular complexity index is 571. The first-order valence-corrected chi connectivity index (χ1v) is 6.10. The maximum atomic E-state index is 8.53. The molecular weight excluding hydrogens is 238 g/mol. The van der Waals surface area contributed by atoms with Gasteiger partial charge in [-0.3, -0.25) is 5.32 Å². The predicted molar refractivity (Wildman–Crippen MR) is 74.4 cm³/mol. The van der Waals surface area contributed by atoms with Crippen LogP contribution in [-0.4, -0.2) is 9.97 Å². The van der Waals surface area contributed by atoms with Crippen LogP contribution in [0.3, 0.4) is 0 Å². The van der Waals surface area contributed by atoms with E-state index in [1.165, 1.54) is 17.5 Å². The molecule has 0 aliphatic carbocycles. The van der Waals surface area contributed by atoms with Crippen LogP contribution in [0.2, 0.25) is 0 Å². The summed E-state index contributed by atoms with van der Waals surface area (Å²) in [5.74, 6) is 1.17. The fourth-order valence-corrected chi connectivity index (χ4v) is 1.67. The van der Waals surface area contributed by atoms with Crippen molar-refractivity contribution in [3.8, 4) is 6.19 Å². The molecule has 1 aromatic heterocycles. The first-order valence-electron chi connectivity index (χ1n) is 6.10. The van der Waals surface area contributed by atoms with Crippen molar-refractivity contribution in [3.05, 3.63) is 47.8 Å². The molecule has 0 fully saturated rings. The van der Waals surface area contributed by atoms with Crippen LogP contribution in [0.25, 0.3) is 0 Å². The maximum Gasteiger partial charge on any atom is 0.182 e. The van der Waals surface area contributed by atoms with Crippen molar-refractivity contribution in [2.24, 2.45) is 0 Å². The van der Waals surface area contributed by atoms with Gasteiger partial charge in [0.25, 0.3) is 0 Å². The number of aryl methyl sites for hydroxylation is 1. The van der Waals surface area contributed by atoms with Gasteiger partial charge in [-0.05, 0) is 17.5 Å². The molecule has 96 valence electrons. The molecule has 5 nitrogen and oxygen atoms in total. The third-order valence-corrected chi connectivity index (χ3v) is 2.76. The lowest BCUT2D eigenvalue weighted by atomic mass is 10.1. The highest BCUT2D eigenvalue weighted by atomic mass is 15.1. The van der Waals surface area contributed by atoms with Gasteiger partial charge in [0.2, 0.25) is 0 Å². The van der Waals surface area contributed by atoms with Crippen LogP contribution in [-0.2, 0) is 13.0 Å². The normalized spacial score (nSPS) is 9.68. The molecule has 0 saturated carbocycles. The summed E-state index contributed by atoms with van der Waals surface area (Å²) in [5, 5.41) is 14.2. The van der Waals surface area contributed by atoms with Crippen molar-refractivity contribution in [1.29, 1.82) is 5.26 Å². The minimum atomic E-state index is 0.487. The van der Waals surface area contributed by atoms with Crippen molar-refractivity contribution >= 4 is 11.6 Å². The van der Waals surface area contributed by atoms with Crippen molar-refractivity contribution in [1.82, 2.24) is 9.97 Å². The number of benzene rings is 1. The molecule has 1 heterocycles. The highest BCUT2D eigenvalue weighted by Gasteiger charge is 1.98. The van der Waals surface area contributed by atoms with Gasteiger partial charge in [0.05, 0.1) is 0 Å². The minimum Gasteiger partial charge on any atom is -0.366 e. The number of nitrogens with zero attached hydrogens (tertiary/aromatic N) is 3. The number of hydrogen-bond donors (Lipinski definition) is 2. The molecule has 2 N–H and O–H groups in total. The Hall–Kier alpha value is -2.61. The monoisotopic (exact) mass is 253 g/mol. The number of nitrogens with one attached hydrogen (secondary N) is 2. The molecule has 0 radical (unpaired) electrons. The second-order valence-corrected chi connectivity index (χ2v) is 4.05. The number of hydrogen-bond acceptors (Lipinski definition) is 5. The van der Waals surface area contributed by atoms with Gasteiger partial charge in [0.15, 0.2) is 6.19 Å². The van der Waals surface area contributed by atoms with Crippen molar-refractivity contribution in [3.63, 3.8) is 0 Å². The number of nitriles is 1. The van der Waals surface area contributed by atoms with E-state index in [-0.39, 0.29) is 0 Å². The fourth-order valence-electron chi connectivity index (χ4n) is 1.67. The third-order valence-electron chi connectivity index (χ3n) is 2.76. The zero-order valence-corrected chi connectivity index (χ0v) is 10.7. The summed E-state index contributed by atoms with van der Waals surface area (Å²) in [4.78, 5) is 8.02. The third kappa shape index (κ3) is 3.68. The standard InChI is InChI=1S/C14H15N5/c1-2-11-3-5-12(6-4-11)8-16-13-7-14(17-9-15)19-10-18-13/h3-7,10H,2,8H2,1H3,(H2,16,17,18,19). The molecule has 1 aromatic carbocycles. The Kier molecular flexibility index (Phi) is 4.29. The van der Waals surface area contributed by atoms with Crippen molar-refractivity contribution in [2.45, 2.75) is 19.9 Å². The van der Waals surface area contributed by atoms with Gasteiger partial charge < -0.3 is 5.32 Å². The first kappa shape index (κ1) is 12.8. The molecule has 0 saturated heterocycles. The van der Waals surface area contributed by atoms with Crippen LogP contribution in [0.5, 0.6) is 0 Å². The lowest BCUT2D eigenvalue weighted by Crippen LogP contribution is -2.03. The molecule has 0 atom stereocenters. The van der Waals surface area contributed by atoms with Crippen LogP contribution in [0.1, 0.15) is 18.1 Å². The van der Waals surface area contributed by atoms with E-state index < -0.39 is 0 Å². The Labute approximate surface area is 112 Å². The topological polar surface area (TPSA) is 73.6 Å². The fraction of sp³-hybridized carbons (Fsp3) is 0.214. The summed E-state index contributed by atoms with van der Waals surface area (Å²) in [6.07, 6.45) is 4.29. The molecule has 0 aliphatic heterocycles. The molecule has 2 rings (SSSR count). The molecule has 0 spiro atoms. The van der Waals surface area contributed by atoms with Crippen LogP contribution in [0.4, 0.5) is 11.6 Å². The molecule has 5 heteroatoms. The Morgan fingerprint density at radius 1 is 1.11 bits per heavy atom. The Morgan fingerprint density at radius 2 is 1.79 bits per heavy atom. The second-order valence-electron chi connectivity index (χ2n) is 4.05. The summed E-state index contributed by atoms with van der Waals surface area (Å²) in [5.41, 5.74) is 2.51. The molecule has 0 aliphatic rings. The highest BCUT2D eigenvalue weighted by molar-refractivity contribution is 5.48. The summed E-state index contributed by atoms with van der Waals surface area (Å²) in [6.45, 7) is 2.82. The first-order chi connectivity index (χ1) is 9.31. The van der Waals surface area contributed by atoms with Gasteiger partial charge in [-0.15, -0.1) is 0 Å². The van der Waals surface area contributed by atoms with E-state index in [2.05, 4.69) is 51.8 Å². The van der Waals surface area contributed by atoms with E-state index in [4.69, 9.17) is 5.26 Å². The largest absolute Gasteiger partial charge is 0.366 e. The lowest BCUT2D eigenvalue weighted by Gasteiger charge is -2.07. The molecule has 19 heavy (non-hydrogen) atoms. The number of rotatable bonds is 5. The second kappa shape index (κ2) is 6.36. The van der Waals surface area contributed by atoms with E-state index in [0.717, 1.165) is 6.42 Å². The van der Waals surface area contributed by atoms with E-state index in [1.807, 2.05) is 6.19 Å². The minimum absolute atomic E-state index is 0.487. The highest BCUT2D eigenvalue weighted by Crippen LogP contribution is 2.11. The summed E-state index contributed by atoms with van der Waals surface area (Å²) < 4.78 is 0. The molecule has 2 aromatic rings. The van der Waals surface area contributed by atoms with Gasteiger partial charge in [-0.1, -0.05) is 31.2 Å². The van der Waals surface area contributed by atoms with Gasteiger partial charge in [-0.2, -0.15) is 5.26 Å². The van der Waals surface area contributed by atoms with Crippen LogP contribution < -0.4 is 10.6 Å². The number of aromatic nitrogens is 2. The average molecular weight is 253 g/mol. The van der Waals surface area contributed by atoms with E-state index in [9.17, 15) is 0 Å². The summed E-state index contributed by atoms with van der Waals surface area (Å²) >= 11 is 0. The van der Waals surface area contributed by atoms with Crippen LogP contribution in [0, 0.1) is 11.5 Å². The summed E-state index contributed by atoms with van der Waals surface area (Å²) in [7, 11) is 0.